The van der Waals surface area contributed by atoms with Crippen molar-refractivity contribution in [3.63, 3.8) is 0 Å². The van der Waals surface area contributed by atoms with Gasteiger partial charge >= 0.3 is 14.8 Å². The first-order valence-corrected chi connectivity index (χ1v) is 33.5. The van der Waals surface area contributed by atoms with Crippen LogP contribution in [0.4, 0.5) is 21.2 Å². The molecule has 0 fully saturated rings. The molecular formula is C52H71Cl5N16O7Si2. The molecule has 0 radical (unpaired) electrons. The molecule has 0 unspecified atom stereocenters. The van der Waals surface area contributed by atoms with E-state index in [1.165, 1.54) is 10.5 Å². The molecule has 0 saturated carbocycles. The van der Waals surface area contributed by atoms with Gasteiger partial charge in [-0.2, -0.15) is 0 Å². The monoisotopic (exact) mass is 1260 g/mol. The van der Waals surface area contributed by atoms with Crippen LogP contribution in [-0.2, 0) is 39.5 Å². The van der Waals surface area contributed by atoms with Crippen molar-refractivity contribution in [3.8, 4) is 23.0 Å². The number of ether oxygens (including phenoxy) is 1. The minimum atomic E-state index is -2.04. The summed E-state index contributed by atoms with van der Waals surface area (Å²) in [6.07, 6.45) is 5.02. The molecule has 8 heterocycles. The fourth-order valence-electron chi connectivity index (χ4n) is 7.46. The molecule has 0 aromatic carbocycles. The Morgan fingerprint density at radius 3 is 1.55 bits per heavy atom. The van der Waals surface area contributed by atoms with Crippen LogP contribution in [0.3, 0.4) is 0 Å². The van der Waals surface area contributed by atoms with Gasteiger partial charge < -0.3 is 34.4 Å². The van der Waals surface area contributed by atoms with Crippen molar-refractivity contribution in [1.82, 2.24) is 70.6 Å². The van der Waals surface area contributed by atoms with E-state index in [1.807, 2.05) is 32.0 Å². The lowest BCUT2D eigenvalue weighted by Gasteiger charge is -2.36. The van der Waals surface area contributed by atoms with E-state index in [0.29, 0.717) is 73.1 Å². The number of carbonyl (C=O) groups excluding carboxylic acids is 4. The maximum absolute atomic E-state index is 13.0. The average Bonchev–Trinajstić information content (AvgIpc) is 4.13. The molecule has 30 heteroatoms. The summed E-state index contributed by atoms with van der Waals surface area (Å²) in [5.41, 5.74) is 4.64. The third-order valence-corrected chi connectivity index (χ3v) is 23.8. The van der Waals surface area contributed by atoms with Crippen LogP contribution in [0.25, 0.3) is 23.0 Å². The number of carbonyl (C=O) groups is 4. The van der Waals surface area contributed by atoms with Gasteiger partial charge in [-0.15, -0.1) is 10.2 Å². The van der Waals surface area contributed by atoms with Crippen LogP contribution in [0.1, 0.15) is 118 Å². The number of tetrazole rings is 2. The highest BCUT2D eigenvalue weighted by atomic mass is 35.6. The number of pyridine rings is 4. The van der Waals surface area contributed by atoms with E-state index in [1.54, 1.807) is 52.1 Å². The molecule has 8 rings (SSSR count). The number of nitrogens with zero attached hydrogens (tertiary/aromatic N) is 13. The molecule has 23 nitrogen and oxygen atoms in total. The van der Waals surface area contributed by atoms with Crippen molar-refractivity contribution in [2.24, 2.45) is 0 Å². The number of rotatable bonds is 14. The molecule has 3 N–H and O–H groups in total. The van der Waals surface area contributed by atoms with Crippen LogP contribution in [0.2, 0.25) is 36.3 Å². The first-order valence-electron chi connectivity index (χ1n) is 25.8. The van der Waals surface area contributed by atoms with E-state index in [0.717, 1.165) is 36.2 Å². The molecule has 2 aliphatic heterocycles. The highest BCUT2D eigenvalue weighted by Gasteiger charge is 2.39. The Labute approximate surface area is 504 Å². The molecule has 82 heavy (non-hydrogen) atoms. The Morgan fingerprint density at radius 2 is 1.13 bits per heavy atom. The summed E-state index contributed by atoms with van der Waals surface area (Å²) >= 11 is 25.1. The summed E-state index contributed by atoms with van der Waals surface area (Å²) in [4.78, 5) is 66.4. The first-order chi connectivity index (χ1) is 37.8. The maximum Gasteiger partial charge on any atom is 0.407 e. The number of anilines is 2. The number of aromatic nitrogens is 12. The quantitative estimate of drug-likeness (QED) is 0.0396. The molecule has 444 valence electrons. The summed E-state index contributed by atoms with van der Waals surface area (Å²) in [6.45, 7) is 29.6. The Kier molecular flexibility index (Phi) is 23.2. The van der Waals surface area contributed by atoms with Gasteiger partial charge in [-0.25, -0.2) is 24.1 Å². The molecule has 0 bridgehead atoms. The number of alkyl halides is 3. The second-order valence-corrected chi connectivity index (χ2v) is 34.7. The van der Waals surface area contributed by atoms with E-state index < -0.39 is 37.3 Å². The van der Waals surface area contributed by atoms with Crippen LogP contribution >= 0.6 is 58.0 Å². The van der Waals surface area contributed by atoms with E-state index in [-0.39, 0.29) is 41.2 Å². The Hall–Kier alpha value is -5.62. The molecule has 6 aromatic rings. The third-order valence-electron chi connectivity index (χ3n) is 14.2. The summed E-state index contributed by atoms with van der Waals surface area (Å²) in [7, 11) is -3.83. The van der Waals surface area contributed by atoms with Crippen molar-refractivity contribution < 1.29 is 32.8 Å². The predicted octanol–water partition coefficient (Wildman–Crippen LogP) is 11.6. The lowest BCUT2D eigenvalue weighted by molar-refractivity contribution is 0.101. The molecule has 0 saturated heterocycles. The van der Waals surface area contributed by atoms with Crippen LogP contribution in [-0.4, -0.2) is 135 Å². The lowest BCUT2D eigenvalue weighted by Crippen LogP contribution is -2.42. The van der Waals surface area contributed by atoms with Crippen LogP contribution in [0, 0.1) is 0 Å². The van der Waals surface area contributed by atoms with Gasteiger partial charge in [0.1, 0.15) is 34.4 Å². The van der Waals surface area contributed by atoms with E-state index in [2.05, 4.69) is 151 Å². The predicted molar refractivity (Wildman–Crippen MR) is 322 cm³/mol. The molecule has 0 aliphatic carbocycles. The summed E-state index contributed by atoms with van der Waals surface area (Å²) in [5, 5.41) is 33.1. The van der Waals surface area contributed by atoms with Crippen LogP contribution in [0.5, 0.6) is 0 Å². The Bertz CT molecular complexity index is 3190. The first kappa shape index (κ1) is 67.2. The zero-order valence-electron chi connectivity index (χ0n) is 47.1. The van der Waals surface area contributed by atoms with Crippen molar-refractivity contribution in [3.05, 3.63) is 94.6 Å². The van der Waals surface area contributed by atoms with E-state index in [9.17, 15) is 19.2 Å². The van der Waals surface area contributed by atoms with Gasteiger partial charge in [-0.1, -0.05) is 61.1 Å². The number of fused-ring (bicyclic) bond motifs is 2. The van der Waals surface area contributed by atoms with Gasteiger partial charge in [0.15, 0.2) is 16.6 Å². The molecule has 2 aliphatic rings. The number of nitrogens with one attached hydrogen (secondary N) is 3. The van der Waals surface area contributed by atoms with Gasteiger partial charge in [0.2, 0.25) is 11.6 Å². The van der Waals surface area contributed by atoms with Gasteiger partial charge in [0.25, 0.3) is 11.8 Å². The van der Waals surface area contributed by atoms with E-state index >= 15 is 0 Å². The summed E-state index contributed by atoms with van der Waals surface area (Å²) in [5.74, 6) is 1.02. The van der Waals surface area contributed by atoms with Crippen molar-refractivity contribution in [2.45, 2.75) is 141 Å². The number of hydrogen-bond acceptors (Lipinski definition) is 18. The van der Waals surface area contributed by atoms with Crippen molar-refractivity contribution >= 4 is 109 Å². The zero-order chi connectivity index (χ0) is 59.7. The molecule has 6 aromatic heterocycles. The fraction of sp³-hybridized carbons (Fsp3) is 0.500. The number of halogens is 5. The van der Waals surface area contributed by atoms with Crippen molar-refractivity contribution in [2.75, 3.05) is 36.9 Å². The second-order valence-electron chi connectivity index (χ2n) is 22.3. The fourth-order valence-corrected chi connectivity index (χ4v) is 10.2. The highest BCUT2D eigenvalue weighted by molar-refractivity contribution is 6.74. The van der Waals surface area contributed by atoms with Crippen molar-refractivity contribution in [1.29, 1.82) is 0 Å². The standard InChI is InChI=1S/C25H33ClN8O3Si.C24H34N8O2Si.C2Cl4O2.CH4/c1-16(15-37-38(5,6)25(2,3)4)34-22(30-31-32-34)19-8-7-9-21(28-19)29-23(35)20-12-18-14-33(24(26)36)11-10-17(18)13-27-20;1-16(15-34-35(5,6)24(2,3)4)32-22(29-30-31-32)19-8-7-9-21(27-19)28-23(33)20-12-18-13-25-11-10-17(18)14-26-20;3-1(7)8-2(4,5)6;/h7-9,12-13,16H,10-11,14-15H2,1-6H3,(H,28,29,35);7-9,12,14,16,25H,10-11,13,15H2,1-6H3,(H,27,28,33);;1H4/t2*16-;;/m11../s1. The SMILES string of the molecule is C.C[C@H](CO[Si](C)(C)C(C)(C)C)n1nnnc1-c1cccc(NC(=O)c2cc3c(cn2)CCN(C(=O)Cl)C3)n1.C[C@H](CO[Si](C)(C)C(C)(C)C)n1nnnc1-c1cccc(NC(=O)c2cc3c(cn2)CCNC3)n1.O=C(Cl)OC(Cl)(Cl)Cl. The van der Waals surface area contributed by atoms with Crippen LogP contribution < -0.4 is 16.0 Å². The molecule has 0 spiro atoms. The molecular weight excluding hydrogens is 1190 g/mol. The van der Waals surface area contributed by atoms with Gasteiger partial charge in [-0.05, 0) is 195 Å². The van der Waals surface area contributed by atoms with Gasteiger partial charge in [-0.3, -0.25) is 24.4 Å². The van der Waals surface area contributed by atoms with Gasteiger partial charge in [0, 0.05) is 43.6 Å². The number of amides is 3. The minimum absolute atomic E-state index is 0. The smallest absolute Gasteiger partial charge is 0.407 e. The third kappa shape index (κ3) is 18.4. The molecule has 2 atom stereocenters. The average molecular weight is 1270 g/mol. The second kappa shape index (κ2) is 28.3. The zero-order valence-corrected chi connectivity index (χ0v) is 52.9. The number of hydrogen-bond donors (Lipinski definition) is 3. The van der Waals surface area contributed by atoms with E-state index in [4.69, 9.17) is 55.3 Å². The maximum atomic E-state index is 13.0. The summed E-state index contributed by atoms with van der Waals surface area (Å²) in [6, 6.07) is 13.9. The van der Waals surface area contributed by atoms with Crippen LogP contribution in [0.15, 0.2) is 60.9 Å². The normalized spacial score (nSPS) is 14.2. The Morgan fingerprint density at radius 1 is 0.683 bits per heavy atom. The topological polar surface area (TPSA) is 274 Å². The minimum Gasteiger partial charge on any atom is -0.415 e. The van der Waals surface area contributed by atoms with Gasteiger partial charge in [0.05, 0.1) is 25.3 Å². The molecule has 3 amide bonds. The largest absolute Gasteiger partial charge is 0.415 e. The summed E-state index contributed by atoms with van der Waals surface area (Å²) < 4.78 is 18.0. The lowest BCUT2D eigenvalue weighted by atomic mass is 10.0. The highest BCUT2D eigenvalue weighted by Crippen LogP contribution is 2.38. The Balaban J connectivity index is 0.000000263.